The van der Waals surface area contributed by atoms with Crippen LogP contribution in [0.3, 0.4) is 0 Å². The Morgan fingerprint density at radius 2 is 2.11 bits per heavy atom. The zero-order valence-electron chi connectivity index (χ0n) is 16.7. The number of hydrogen-bond donors (Lipinski definition) is 2. The maximum Gasteiger partial charge on any atom is 0.228 e. The summed E-state index contributed by atoms with van der Waals surface area (Å²) in [6.07, 6.45) is 1.50. The third-order valence-corrected chi connectivity index (χ3v) is 4.54. The molecule has 0 radical (unpaired) electrons. The highest BCUT2D eigenvalue weighted by molar-refractivity contribution is 5.80. The van der Waals surface area contributed by atoms with Crippen molar-refractivity contribution < 1.29 is 9.26 Å². The van der Waals surface area contributed by atoms with Crippen molar-refractivity contribution in [3.05, 3.63) is 41.5 Å². The molecule has 3 rings (SSSR count). The fraction of sp³-hybridized carbons (Fsp3) is 0.550. The Morgan fingerprint density at radius 3 is 2.81 bits per heavy atom. The number of rotatable bonds is 5. The van der Waals surface area contributed by atoms with Gasteiger partial charge in [0.1, 0.15) is 11.4 Å². The number of hydrogen-bond acceptors (Lipinski definition) is 5. The standard InChI is InChI=1S/C20H29N5O2/c1-13(2)18-24-17(27-25-18)10-11-22-19(21-5)23-15-12-20(3,4)26-16-9-7-6-8-14(15)16/h6-9,13,15H,10-12H2,1-5H3,(H2,21,22,23). The number of guanidine groups is 1. The monoisotopic (exact) mass is 371 g/mol. The van der Waals surface area contributed by atoms with E-state index in [0.29, 0.717) is 18.9 Å². The predicted molar refractivity (Wildman–Crippen MR) is 105 cm³/mol. The van der Waals surface area contributed by atoms with Gasteiger partial charge in [0.2, 0.25) is 5.89 Å². The number of benzene rings is 1. The number of aliphatic imine (C=N–C) groups is 1. The van der Waals surface area contributed by atoms with Gasteiger partial charge in [-0.2, -0.15) is 4.98 Å². The summed E-state index contributed by atoms with van der Waals surface area (Å²) < 4.78 is 11.4. The lowest BCUT2D eigenvalue weighted by molar-refractivity contribution is 0.0694. The van der Waals surface area contributed by atoms with Crippen molar-refractivity contribution in [3.8, 4) is 5.75 Å². The van der Waals surface area contributed by atoms with Crippen molar-refractivity contribution in [2.75, 3.05) is 13.6 Å². The first-order chi connectivity index (χ1) is 12.9. The van der Waals surface area contributed by atoms with Gasteiger partial charge in [-0.3, -0.25) is 4.99 Å². The Morgan fingerprint density at radius 1 is 1.33 bits per heavy atom. The molecule has 27 heavy (non-hydrogen) atoms. The molecular formula is C20H29N5O2. The molecule has 7 nitrogen and oxygen atoms in total. The van der Waals surface area contributed by atoms with Gasteiger partial charge in [0, 0.05) is 37.9 Å². The van der Waals surface area contributed by atoms with Crippen LogP contribution in [0.4, 0.5) is 0 Å². The van der Waals surface area contributed by atoms with Crippen molar-refractivity contribution in [1.82, 2.24) is 20.8 Å². The van der Waals surface area contributed by atoms with Gasteiger partial charge in [0.15, 0.2) is 11.8 Å². The molecule has 1 aliphatic heterocycles. The summed E-state index contributed by atoms with van der Waals surface area (Å²) in [5, 5.41) is 10.8. The van der Waals surface area contributed by atoms with Gasteiger partial charge < -0.3 is 19.9 Å². The second-order valence-corrected chi connectivity index (χ2v) is 7.75. The molecule has 1 unspecified atom stereocenters. The Hall–Kier alpha value is -2.57. The van der Waals surface area contributed by atoms with Gasteiger partial charge in [0.25, 0.3) is 0 Å². The maximum atomic E-state index is 6.10. The molecule has 1 aromatic heterocycles. The van der Waals surface area contributed by atoms with Crippen LogP contribution in [-0.2, 0) is 6.42 Å². The average Bonchev–Trinajstić information content (AvgIpc) is 3.09. The van der Waals surface area contributed by atoms with Crippen LogP contribution in [0.1, 0.15) is 63.4 Å². The zero-order chi connectivity index (χ0) is 19.4. The Labute approximate surface area is 160 Å². The number of fused-ring (bicyclic) bond motifs is 1. The second kappa shape index (κ2) is 7.98. The van der Waals surface area contributed by atoms with Gasteiger partial charge in [0.05, 0.1) is 6.04 Å². The highest BCUT2D eigenvalue weighted by Gasteiger charge is 2.33. The fourth-order valence-corrected chi connectivity index (χ4v) is 3.18. The molecule has 0 saturated heterocycles. The van der Waals surface area contributed by atoms with Gasteiger partial charge in [-0.25, -0.2) is 0 Å². The van der Waals surface area contributed by atoms with E-state index in [9.17, 15) is 0 Å². The maximum absolute atomic E-state index is 6.10. The van der Waals surface area contributed by atoms with Crippen LogP contribution in [0.15, 0.2) is 33.8 Å². The van der Waals surface area contributed by atoms with Gasteiger partial charge in [-0.1, -0.05) is 37.2 Å². The van der Waals surface area contributed by atoms with Crippen molar-refractivity contribution in [3.63, 3.8) is 0 Å². The zero-order valence-corrected chi connectivity index (χ0v) is 16.7. The lowest BCUT2D eigenvalue weighted by atomic mass is 9.90. The summed E-state index contributed by atoms with van der Waals surface area (Å²) in [5.74, 6) is 3.32. The van der Waals surface area contributed by atoms with E-state index in [0.717, 1.165) is 29.5 Å². The second-order valence-electron chi connectivity index (χ2n) is 7.75. The van der Waals surface area contributed by atoms with Crippen LogP contribution < -0.4 is 15.4 Å². The van der Waals surface area contributed by atoms with Gasteiger partial charge >= 0.3 is 0 Å². The normalized spacial score (nSPS) is 18.7. The summed E-state index contributed by atoms with van der Waals surface area (Å²) in [6.45, 7) is 8.97. The van der Waals surface area contributed by atoms with E-state index in [-0.39, 0.29) is 17.6 Å². The molecule has 7 heteroatoms. The summed E-state index contributed by atoms with van der Waals surface area (Å²) in [4.78, 5) is 8.76. The van der Waals surface area contributed by atoms with Gasteiger partial charge in [-0.15, -0.1) is 0 Å². The Bertz CT molecular complexity index is 797. The predicted octanol–water partition coefficient (Wildman–Crippen LogP) is 3.20. The molecule has 1 aromatic carbocycles. The quantitative estimate of drug-likeness (QED) is 0.620. The molecule has 146 valence electrons. The van der Waals surface area contributed by atoms with Crippen molar-refractivity contribution >= 4 is 5.96 Å². The molecule has 0 fully saturated rings. The van der Waals surface area contributed by atoms with Crippen molar-refractivity contribution in [2.24, 2.45) is 4.99 Å². The lowest BCUT2D eigenvalue weighted by Crippen LogP contribution is -2.45. The third kappa shape index (κ3) is 4.78. The van der Waals surface area contributed by atoms with Crippen LogP contribution in [0.5, 0.6) is 5.75 Å². The molecule has 2 aromatic rings. The minimum atomic E-state index is -0.234. The van der Waals surface area contributed by atoms with E-state index in [1.54, 1.807) is 7.05 Å². The lowest BCUT2D eigenvalue weighted by Gasteiger charge is -2.38. The molecule has 1 aliphatic rings. The van der Waals surface area contributed by atoms with Crippen LogP contribution >= 0.6 is 0 Å². The molecule has 0 spiro atoms. The molecule has 0 amide bonds. The van der Waals surface area contributed by atoms with E-state index < -0.39 is 0 Å². The third-order valence-electron chi connectivity index (χ3n) is 4.54. The summed E-state index contributed by atoms with van der Waals surface area (Å²) >= 11 is 0. The molecule has 0 bridgehead atoms. The van der Waals surface area contributed by atoms with E-state index in [2.05, 4.69) is 45.7 Å². The van der Waals surface area contributed by atoms with Crippen LogP contribution in [0, 0.1) is 0 Å². The van der Waals surface area contributed by atoms with Gasteiger partial charge in [-0.05, 0) is 19.9 Å². The van der Waals surface area contributed by atoms with Crippen LogP contribution in [0.25, 0.3) is 0 Å². The van der Waals surface area contributed by atoms with Crippen molar-refractivity contribution in [2.45, 2.75) is 58.1 Å². The molecule has 0 aliphatic carbocycles. The van der Waals surface area contributed by atoms with Crippen molar-refractivity contribution in [1.29, 1.82) is 0 Å². The molecular weight excluding hydrogens is 342 g/mol. The molecule has 2 N–H and O–H groups in total. The van der Waals surface area contributed by atoms with Crippen LogP contribution in [0.2, 0.25) is 0 Å². The topological polar surface area (TPSA) is 84.6 Å². The minimum Gasteiger partial charge on any atom is -0.487 e. The number of nitrogens with zero attached hydrogens (tertiary/aromatic N) is 3. The average molecular weight is 371 g/mol. The molecule has 1 atom stereocenters. The Kier molecular flexibility index (Phi) is 5.68. The molecule has 0 saturated carbocycles. The molecule has 2 heterocycles. The first-order valence-corrected chi connectivity index (χ1v) is 9.45. The first-order valence-electron chi connectivity index (χ1n) is 9.45. The highest BCUT2D eigenvalue weighted by atomic mass is 16.5. The minimum absolute atomic E-state index is 0.132. The number of para-hydroxylation sites is 1. The summed E-state index contributed by atoms with van der Waals surface area (Å²) in [5.41, 5.74) is 0.917. The fourth-order valence-electron chi connectivity index (χ4n) is 3.18. The summed E-state index contributed by atoms with van der Waals surface area (Å²) in [6, 6.07) is 8.28. The first kappa shape index (κ1) is 19.2. The van der Waals surface area contributed by atoms with E-state index in [1.807, 2.05) is 32.0 Å². The highest BCUT2D eigenvalue weighted by Crippen LogP contribution is 2.39. The van der Waals surface area contributed by atoms with E-state index >= 15 is 0 Å². The Balaban J connectivity index is 1.60. The number of nitrogens with one attached hydrogen (secondary N) is 2. The number of aromatic nitrogens is 2. The number of ether oxygens (including phenoxy) is 1. The smallest absolute Gasteiger partial charge is 0.228 e. The summed E-state index contributed by atoms with van der Waals surface area (Å²) in [7, 11) is 1.77. The SMILES string of the molecule is CN=C(NCCc1nc(C(C)C)no1)NC1CC(C)(C)Oc2ccccc21. The van der Waals surface area contributed by atoms with E-state index in [1.165, 1.54) is 0 Å². The van der Waals surface area contributed by atoms with Crippen LogP contribution in [-0.4, -0.2) is 35.3 Å². The van der Waals surface area contributed by atoms with E-state index in [4.69, 9.17) is 9.26 Å². The largest absolute Gasteiger partial charge is 0.487 e.